The number of anilines is 1. The smallest absolute Gasteiger partial charge is 0.368 e. The molecule has 0 radical (unpaired) electrons. The second-order valence-electron chi connectivity index (χ2n) is 5.99. The van der Waals surface area contributed by atoms with Gasteiger partial charge in [0.2, 0.25) is 0 Å². The zero-order chi connectivity index (χ0) is 18.4. The Kier molecular flexibility index (Phi) is 5.44. The summed E-state index contributed by atoms with van der Waals surface area (Å²) in [4.78, 5) is 18.7. The van der Waals surface area contributed by atoms with Gasteiger partial charge < -0.3 is 9.74 Å². The predicted molar refractivity (Wildman–Crippen MR) is 106 cm³/mol. The summed E-state index contributed by atoms with van der Waals surface area (Å²) in [5.41, 5.74) is 4.14. The average molecular weight is 344 g/mol. The fourth-order valence-electron chi connectivity index (χ4n) is 2.50. The molecule has 0 saturated heterocycles. The second kappa shape index (κ2) is 8.12. The normalized spacial score (nSPS) is 15.7. The highest BCUT2D eigenvalue weighted by atomic mass is 16.7. The van der Waals surface area contributed by atoms with E-state index < -0.39 is 5.97 Å². The van der Waals surface area contributed by atoms with Crippen molar-refractivity contribution < 1.29 is 9.63 Å². The molecule has 0 N–H and O–H groups in total. The van der Waals surface area contributed by atoms with E-state index in [9.17, 15) is 4.79 Å². The molecule has 0 aromatic heterocycles. The van der Waals surface area contributed by atoms with Gasteiger partial charge >= 0.3 is 5.97 Å². The molecule has 3 rings (SSSR count). The van der Waals surface area contributed by atoms with Crippen molar-refractivity contribution in [2.45, 2.75) is 0 Å². The molecule has 0 amide bonds. The lowest BCUT2D eigenvalue weighted by Crippen LogP contribution is -2.07. The quantitative estimate of drug-likeness (QED) is 0.463. The summed E-state index contributed by atoms with van der Waals surface area (Å²) in [6, 6.07) is 17.8. The molecule has 4 heteroatoms. The van der Waals surface area contributed by atoms with E-state index in [4.69, 9.17) is 4.84 Å². The molecule has 0 unspecified atom stereocenters. The molecule has 1 heterocycles. The third-order valence-corrected chi connectivity index (χ3v) is 3.93. The summed E-state index contributed by atoms with van der Waals surface area (Å²) in [6.45, 7) is 0. The zero-order valence-electron chi connectivity index (χ0n) is 14.8. The highest BCUT2D eigenvalue weighted by molar-refractivity contribution is 6.28. The number of hydrogen-bond acceptors (Lipinski definition) is 4. The van der Waals surface area contributed by atoms with Crippen molar-refractivity contribution in [1.82, 2.24) is 0 Å². The van der Waals surface area contributed by atoms with Gasteiger partial charge in [0.25, 0.3) is 0 Å². The van der Waals surface area contributed by atoms with Crippen LogP contribution in [0.15, 0.2) is 89.6 Å². The maximum atomic E-state index is 11.9. The highest BCUT2D eigenvalue weighted by Gasteiger charge is 2.25. The minimum atomic E-state index is -0.434. The average Bonchev–Trinajstić information content (AvgIpc) is 3.03. The third kappa shape index (κ3) is 4.16. The van der Waals surface area contributed by atoms with E-state index in [-0.39, 0.29) is 0 Å². The molecule has 1 aliphatic heterocycles. The van der Waals surface area contributed by atoms with E-state index in [2.05, 4.69) is 34.3 Å². The van der Waals surface area contributed by atoms with Gasteiger partial charge in [-0.3, -0.25) is 0 Å². The topological polar surface area (TPSA) is 41.9 Å². The molecule has 0 atom stereocenters. The molecule has 2 aromatic carbocycles. The van der Waals surface area contributed by atoms with Crippen molar-refractivity contribution in [3.05, 3.63) is 95.6 Å². The maximum Gasteiger partial charge on any atom is 0.368 e. The van der Waals surface area contributed by atoms with Gasteiger partial charge in [-0.25, -0.2) is 4.79 Å². The first-order chi connectivity index (χ1) is 12.6. The van der Waals surface area contributed by atoms with Crippen LogP contribution in [0.25, 0.3) is 6.08 Å². The van der Waals surface area contributed by atoms with Gasteiger partial charge in [0.15, 0.2) is 0 Å². The fourth-order valence-corrected chi connectivity index (χ4v) is 2.50. The van der Waals surface area contributed by atoms with Gasteiger partial charge in [-0.1, -0.05) is 71.9 Å². The van der Waals surface area contributed by atoms with Crippen molar-refractivity contribution in [2.24, 2.45) is 5.16 Å². The van der Waals surface area contributed by atoms with Crippen LogP contribution in [0, 0.1) is 0 Å². The van der Waals surface area contributed by atoms with Crippen LogP contribution in [0.2, 0.25) is 0 Å². The molecular formula is C22H20N2O2. The Morgan fingerprint density at radius 2 is 1.65 bits per heavy atom. The first-order valence-electron chi connectivity index (χ1n) is 8.33. The molecule has 0 bridgehead atoms. The Hall–Kier alpha value is -3.40. The minimum Gasteiger partial charge on any atom is -0.378 e. The summed E-state index contributed by atoms with van der Waals surface area (Å²) < 4.78 is 0. The Labute approximate surface area is 153 Å². The van der Waals surface area contributed by atoms with Gasteiger partial charge in [-0.15, -0.1) is 0 Å². The largest absolute Gasteiger partial charge is 0.378 e. The summed E-state index contributed by atoms with van der Waals surface area (Å²) in [5, 5.41) is 3.88. The first kappa shape index (κ1) is 17.4. The molecule has 1 aliphatic rings. The number of oxime groups is 1. The highest BCUT2D eigenvalue weighted by Crippen LogP contribution is 2.18. The molecule has 4 nitrogen and oxygen atoms in total. The van der Waals surface area contributed by atoms with Crippen molar-refractivity contribution in [2.75, 3.05) is 19.0 Å². The van der Waals surface area contributed by atoms with Crippen molar-refractivity contribution >= 4 is 23.4 Å². The van der Waals surface area contributed by atoms with Gasteiger partial charge in [-0.05, 0) is 23.8 Å². The number of carbonyl (C=O) groups is 1. The van der Waals surface area contributed by atoms with Gasteiger partial charge in [0.05, 0.1) is 5.57 Å². The van der Waals surface area contributed by atoms with Crippen LogP contribution in [0.1, 0.15) is 11.1 Å². The van der Waals surface area contributed by atoms with Crippen molar-refractivity contribution in [3.63, 3.8) is 0 Å². The maximum absolute atomic E-state index is 11.9. The molecule has 130 valence electrons. The Morgan fingerprint density at radius 3 is 2.35 bits per heavy atom. The first-order valence-corrected chi connectivity index (χ1v) is 8.33. The van der Waals surface area contributed by atoms with E-state index >= 15 is 0 Å². The van der Waals surface area contributed by atoms with E-state index in [0.29, 0.717) is 11.3 Å². The summed E-state index contributed by atoms with van der Waals surface area (Å²) in [7, 11) is 4.03. The second-order valence-corrected chi connectivity index (χ2v) is 5.99. The van der Waals surface area contributed by atoms with Crippen molar-refractivity contribution in [1.29, 1.82) is 0 Å². The number of carbonyl (C=O) groups excluding carboxylic acids is 1. The van der Waals surface area contributed by atoms with Crippen LogP contribution in [-0.2, 0) is 9.63 Å². The molecule has 26 heavy (non-hydrogen) atoms. The molecule has 0 spiro atoms. The Balaban J connectivity index is 1.68. The van der Waals surface area contributed by atoms with Gasteiger partial charge in [0.1, 0.15) is 5.71 Å². The Morgan fingerprint density at radius 1 is 0.923 bits per heavy atom. The molecular weight excluding hydrogens is 324 g/mol. The molecule has 0 fully saturated rings. The minimum absolute atomic E-state index is 0.434. The number of benzene rings is 2. The van der Waals surface area contributed by atoms with Crippen LogP contribution < -0.4 is 4.90 Å². The zero-order valence-corrected chi connectivity index (χ0v) is 14.8. The summed E-state index contributed by atoms with van der Waals surface area (Å²) in [6.07, 6.45) is 9.35. The Bertz CT molecular complexity index is 889. The lowest BCUT2D eigenvalue weighted by Gasteiger charge is -2.11. The van der Waals surface area contributed by atoms with Crippen LogP contribution in [0.3, 0.4) is 0 Å². The number of hydrogen-bond donors (Lipinski definition) is 0. The van der Waals surface area contributed by atoms with E-state index in [1.165, 1.54) is 0 Å². The van der Waals surface area contributed by atoms with Gasteiger partial charge in [0, 0.05) is 25.3 Å². The van der Waals surface area contributed by atoms with Gasteiger partial charge in [-0.2, -0.15) is 0 Å². The number of allylic oxidation sites excluding steroid dienone is 4. The van der Waals surface area contributed by atoms with E-state index in [1.54, 1.807) is 6.08 Å². The lowest BCUT2D eigenvalue weighted by atomic mass is 10.0. The predicted octanol–water partition coefficient (Wildman–Crippen LogP) is 4.21. The SMILES string of the molecule is CN(C)c1ccc(C=CC=CC=C2C(=O)ON=C2c2ccccc2)cc1. The molecule has 0 saturated carbocycles. The standard InChI is InChI=1S/C22H20N2O2/c1-24(2)19-15-13-17(14-16-19)9-5-3-8-12-20-21(23-26-22(20)25)18-10-6-4-7-11-18/h3-16H,1-2H3. The third-order valence-electron chi connectivity index (χ3n) is 3.93. The number of nitrogens with zero attached hydrogens (tertiary/aromatic N) is 2. The summed E-state index contributed by atoms with van der Waals surface area (Å²) >= 11 is 0. The van der Waals surface area contributed by atoms with Crippen LogP contribution in [-0.4, -0.2) is 25.8 Å². The lowest BCUT2D eigenvalue weighted by molar-refractivity contribution is -0.136. The van der Waals surface area contributed by atoms with Crippen LogP contribution in [0.5, 0.6) is 0 Å². The summed E-state index contributed by atoms with van der Waals surface area (Å²) in [5.74, 6) is -0.434. The van der Waals surface area contributed by atoms with Crippen LogP contribution >= 0.6 is 0 Å². The monoisotopic (exact) mass is 344 g/mol. The van der Waals surface area contributed by atoms with Crippen LogP contribution in [0.4, 0.5) is 5.69 Å². The molecule has 0 aliphatic carbocycles. The van der Waals surface area contributed by atoms with Crippen molar-refractivity contribution in [3.8, 4) is 0 Å². The fraction of sp³-hybridized carbons (Fsp3) is 0.0909. The van der Waals surface area contributed by atoms with E-state index in [1.807, 2.05) is 68.7 Å². The van der Waals surface area contributed by atoms with E-state index in [0.717, 1.165) is 16.8 Å². The number of rotatable bonds is 5. The molecule has 2 aromatic rings.